The molecule has 0 spiro atoms. The summed E-state index contributed by atoms with van der Waals surface area (Å²) in [7, 11) is 0. The molecule has 3 nitrogen and oxygen atoms in total. The summed E-state index contributed by atoms with van der Waals surface area (Å²) in [5, 5.41) is 3.26. The van der Waals surface area contributed by atoms with Gasteiger partial charge in [-0.25, -0.2) is 9.37 Å². The highest BCUT2D eigenvalue weighted by Crippen LogP contribution is 2.19. The number of nitrogens with one attached hydrogen (secondary N) is 1. The monoisotopic (exact) mass is 247 g/mol. The number of rotatable bonds is 3. The molecule has 0 saturated carbocycles. The molecule has 4 heteroatoms. The molecule has 0 amide bonds. The summed E-state index contributed by atoms with van der Waals surface area (Å²) in [6.07, 6.45) is 1.90. The molecule has 2 rings (SSSR count). The quantitative estimate of drug-likeness (QED) is 0.900. The number of hydrogen-bond donors (Lipinski definition) is 1. The van der Waals surface area contributed by atoms with Crippen LogP contribution in [0.15, 0.2) is 24.4 Å². The van der Waals surface area contributed by atoms with Crippen molar-refractivity contribution in [3.63, 3.8) is 0 Å². The van der Waals surface area contributed by atoms with Gasteiger partial charge in [0.2, 0.25) is 5.95 Å². The van der Waals surface area contributed by atoms with Gasteiger partial charge < -0.3 is 5.32 Å². The maximum Gasteiger partial charge on any atom is 0.207 e. The molecule has 1 heterocycles. The van der Waals surface area contributed by atoms with Crippen LogP contribution in [-0.2, 0) is 0 Å². The zero-order valence-corrected chi connectivity index (χ0v) is 11.2. The Hall–Kier alpha value is -1.84. The van der Waals surface area contributed by atoms with Gasteiger partial charge in [-0.05, 0) is 51.5 Å². The van der Waals surface area contributed by atoms with Gasteiger partial charge in [0.25, 0.3) is 0 Å². The third-order valence-corrected chi connectivity index (χ3v) is 2.55. The summed E-state index contributed by atoms with van der Waals surface area (Å²) in [5.74, 6) is 0.513. The molecule has 1 aromatic carbocycles. The first-order chi connectivity index (χ1) is 8.45. The van der Waals surface area contributed by atoms with Gasteiger partial charge in [0.15, 0.2) is 0 Å². The molecule has 2 aromatic rings. The van der Waals surface area contributed by atoms with Crippen LogP contribution in [0.4, 0.5) is 10.3 Å². The fraction of sp³-hybridized carbons (Fsp3) is 0.357. The molecule has 0 aliphatic rings. The number of aryl methyl sites for hydroxylation is 2. The number of hydrogen-bond acceptors (Lipinski definition) is 2. The van der Waals surface area contributed by atoms with Crippen LogP contribution in [0.25, 0.3) is 5.69 Å². The molecular weight excluding hydrogens is 229 g/mol. The van der Waals surface area contributed by atoms with Gasteiger partial charge in [-0.2, -0.15) is 0 Å². The van der Waals surface area contributed by atoms with Crippen molar-refractivity contribution in [2.45, 2.75) is 33.7 Å². The lowest BCUT2D eigenvalue weighted by atomic mass is 10.2. The number of nitrogens with zero attached hydrogens (tertiary/aromatic N) is 2. The number of imidazole rings is 1. The molecule has 0 aliphatic heterocycles. The number of halogens is 1. The van der Waals surface area contributed by atoms with Gasteiger partial charge in [-0.15, -0.1) is 0 Å². The van der Waals surface area contributed by atoms with Crippen LogP contribution in [0.3, 0.4) is 0 Å². The molecule has 0 unspecified atom stereocenters. The lowest BCUT2D eigenvalue weighted by molar-refractivity contribution is 0.625. The van der Waals surface area contributed by atoms with Gasteiger partial charge in [-0.1, -0.05) is 0 Å². The molecule has 0 fully saturated rings. The smallest absolute Gasteiger partial charge is 0.207 e. The van der Waals surface area contributed by atoms with Crippen molar-refractivity contribution in [3.8, 4) is 5.69 Å². The van der Waals surface area contributed by atoms with Gasteiger partial charge in [-0.3, -0.25) is 4.57 Å². The second kappa shape index (κ2) is 4.80. The van der Waals surface area contributed by atoms with Crippen molar-refractivity contribution in [1.29, 1.82) is 0 Å². The first kappa shape index (κ1) is 12.6. The summed E-state index contributed by atoms with van der Waals surface area (Å²) in [4.78, 5) is 4.42. The zero-order valence-electron chi connectivity index (χ0n) is 11.2. The Morgan fingerprint density at radius 1 is 1.22 bits per heavy atom. The van der Waals surface area contributed by atoms with E-state index in [0.717, 1.165) is 22.9 Å². The first-order valence-electron chi connectivity index (χ1n) is 6.06. The minimum Gasteiger partial charge on any atom is -0.353 e. The zero-order chi connectivity index (χ0) is 13.3. The Kier molecular flexibility index (Phi) is 3.36. The lowest BCUT2D eigenvalue weighted by Gasteiger charge is -2.12. The van der Waals surface area contributed by atoms with E-state index >= 15 is 0 Å². The molecule has 1 N–H and O–H groups in total. The lowest BCUT2D eigenvalue weighted by Crippen LogP contribution is -2.14. The van der Waals surface area contributed by atoms with E-state index in [-0.39, 0.29) is 11.9 Å². The predicted molar refractivity (Wildman–Crippen MR) is 71.8 cm³/mol. The summed E-state index contributed by atoms with van der Waals surface area (Å²) in [6.45, 7) is 7.90. The van der Waals surface area contributed by atoms with Gasteiger partial charge in [0.05, 0.1) is 11.4 Å². The van der Waals surface area contributed by atoms with Crippen molar-refractivity contribution in [3.05, 3.63) is 41.5 Å². The van der Waals surface area contributed by atoms with Crippen molar-refractivity contribution < 1.29 is 4.39 Å². The molecule has 0 bridgehead atoms. The van der Waals surface area contributed by atoms with Crippen LogP contribution in [-0.4, -0.2) is 15.6 Å². The molecule has 0 radical (unpaired) electrons. The van der Waals surface area contributed by atoms with Gasteiger partial charge in [0, 0.05) is 12.2 Å². The molecule has 96 valence electrons. The maximum atomic E-state index is 13.5. The van der Waals surface area contributed by atoms with Crippen LogP contribution in [0, 0.1) is 19.7 Å². The molecule has 0 saturated heterocycles. The summed E-state index contributed by atoms with van der Waals surface area (Å²) in [6, 6.07) is 5.25. The first-order valence-corrected chi connectivity index (χ1v) is 6.06. The Labute approximate surface area is 107 Å². The molecule has 18 heavy (non-hydrogen) atoms. The third-order valence-electron chi connectivity index (χ3n) is 2.55. The topological polar surface area (TPSA) is 29.9 Å². The van der Waals surface area contributed by atoms with Crippen LogP contribution < -0.4 is 5.32 Å². The van der Waals surface area contributed by atoms with E-state index in [1.165, 1.54) is 12.1 Å². The number of benzene rings is 1. The fourth-order valence-corrected chi connectivity index (χ4v) is 1.91. The van der Waals surface area contributed by atoms with E-state index in [4.69, 9.17) is 0 Å². The maximum absolute atomic E-state index is 13.5. The molecule has 1 aromatic heterocycles. The van der Waals surface area contributed by atoms with Crippen molar-refractivity contribution in [1.82, 2.24) is 9.55 Å². The second-order valence-corrected chi connectivity index (χ2v) is 4.86. The van der Waals surface area contributed by atoms with Crippen LogP contribution in [0.5, 0.6) is 0 Å². The van der Waals surface area contributed by atoms with Crippen LogP contribution >= 0.6 is 0 Å². The fourth-order valence-electron chi connectivity index (χ4n) is 1.91. The van der Waals surface area contributed by atoms with Gasteiger partial charge in [0.1, 0.15) is 5.82 Å². The highest BCUT2D eigenvalue weighted by Gasteiger charge is 2.09. The molecule has 0 atom stereocenters. The van der Waals surface area contributed by atoms with E-state index in [1.807, 2.05) is 44.5 Å². The van der Waals surface area contributed by atoms with E-state index in [0.29, 0.717) is 0 Å². The predicted octanol–water partition coefficient (Wildman–Crippen LogP) is 3.45. The highest BCUT2D eigenvalue weighted by molar-refractivity contribution is 5.45. The SMILES string of the molecule is Cc1cc(F)cc(-n2cc(C)nc2NC(C)C)c1. The Balaban J connectivity index is 2.49. The normalized spacial score (nSPS) is 11.0. The van der Waals surface area contributed by atoms with Crippen LogP contribution in [0.1, 0.15) is 25.1 Å². The molecular formula is C14H18FN3. The third kappa shape index (κ3) is 2.70. The number of anilines is 1. The average Bonchev–Trinajstić information content (AvgIpc) is 2.56. The average molecular weight is 247 g/mol. The standard InChI is InChI=1S/C14H18FN3/c1-9(2)16-14-17-11(4)8-18(14)13-6-10(3)5-12(15)7-13/h5-9H,1-4H3,(H,16,17). The Morgan fingerprint density at radius 3 is 2.56 bits per heavy atom. The minimum atomic E-state index is -0.230. The van der Waals surface area contributed by atoms with Crippen LogP contribution in [0.2, 0.25) is 0 Å². The van der Waals surface area contributed by atoms with E-state index < -0.39 is 0 Å². The van der Waals surface area contributed by atoms with Crippen molar-refractivity contribution in [2.75, 3.05) is 5.32 Å². The van der Waals surface area contributed by atoms with E-state index in [2.05, 4.69) is 10.3 Å². The summed E-state index contributed by atoms with van der Waals surface area (Å²) < 4.78 is 15.3. The van der Waals surface area contributed by atoms with E-state index in [9.17, 15) is 4.39 Å². The Bertz CT molecular complexity index is 538. The van der Waals surface area contributed by atoms with Crippen molar-refractivity contribution >= 4 is 5.95 Å². The minimum absolute atomic E-state index is 0.230. The summed E-state index contributed by atoms with van der Waals surface area (Å²) >= 11 is 0. The molecule has 0 aliphatic carbocycles. The highest BCUT2D eigenvalue weighted by atomic mass is 19.1. The largest absolute Gasteiger partial charge is 0.353 e. The number of aromatic nitrogens is 2. The summed E-state index contributed by atoms with van der Waals surface area (Å²) in [5.41, 5.74) is 2.59. The van der Waals surface area contributed by atoms with Gasteiger partial charge >= 0.3 is 0 Å². The van der Waals surface area contributed by atoms with Crippen molar-refractivity contribution in [2.24, 2.45) is 0 Å². The van der Waals surface area contributed by atoms with E-state index in [1.54, 1.807) is 0 Å². The second-order valence-electron chi connectivity index (χ2n) is 4.86. The Morgan fingerprint density at radius 2 is 1.94 bits per heavy atom.